The van der Waals surface area contributed by atoms with Crippen LogP contribution in [-0.4, -0.2) is 76.3 Å². The maximum absolute atomic E-state index is 13.4. The molecule has 0 fully saturated rings. The molecule has 1 aliphatic rings. The van der Waals surface area contributed by atoms with Crippen LogP contribution in [0, 0.1) is 0 Å². The van der Waals surface area contributed by atoms with Gasteiger partial charge < -0.3 is 28.7 Å². The van der Waals surface area contributed by atoms with Gasteiger partial charge in [-0.3, -0.25) is 9.59 Å². The second kappa shape index (κ2) is 11.0. The molecule has 0 spiro atoms. The van der Waals surface area contributed by atoms with Gasteiger partial charge in [0.05, 0.1) is 34.0 Å². The highest BCUT2D eigenvalue weighted by molar-refractivity contribution is 5.97. The predicted octanol–water partition coefficient (Wildman–Crippen LogP) is 2.95. The summed E-state index contributed by atoms with van der Waals surface area (Å²) >= 11 is 0. The van der Waals surface area contributed by atoms with Gasteiger partial charge in [0, 0.05) is 25.8 Å². The molecule has 33 heavy (non-hydrogen) atoms. The molecule has 0 radical (unpaired) electrons. The molecule has 3 rings (SSSR count). The van der Waals surface area contributed by atoms with Crippen molar-refractivity contribution in [2.24, 2.45) is 0 Å². The van der Waals surface area contributed by atoms with Crippen LogP contribution < -0.4 is 14.2 Å². The highest BCUT2D eigenvalue weighted by Gasteiger charge is 2.30. The summed E-state index contributed by atoms with van der Waals surface area (Å²) in [6.07, 6.45) is 0.797. The minimum Gasteiger partial charge on any atom is -0.493 e. The lowest BCUT2D eigenvalue weighted by Gasteiger charge is -2.36. The number of hydrogen-bond acceptors (Lipinski definition) is 6. The summed E-state index contributed by atoms with van der Waals surface area (Å²) in [5.74, 6) is 0.731. The van der Waals surface area contributed by atoms with E-state index in [2.05, 4.69) is 12.1 Å². The van der Waals surface area contributed by atoms with Crippen molar-refractivity contribution >= 4 is 11.8 Å². The molecule has 0 aliphatic carbocycles. The van der Waals surface area contributed by atoms with Crippen molar-refractivity contribution in [2.75, 3.05) is 54.7 Å². The molecule has 2 amide bonds. The molecule has 1 unspecified atom stereocenters. The smallest absolute Gasteiger partial charge is 0.254 e. The molecule has 0 aromatic heterocycles. The Morgan fingerprint density at radius 2 is 1.70 bits per heavy atom. The average Bonchev–Trinajstić information content (AvgIpc) is 2.85. The van der Waals surface area contributed by atoms with Gasteiger partial charge in [-0.1, -0.05) is 24.3 Å². The summed E-state index contributed by atoms with van der Waals surface area (Å²) in [5, 5.41) is 0. The zero-order chi connectivity index (χ0) is 24.0. The molecule has 0 saturated heterocycles. The van der Waals surface area contributed by atoms with Gasteiger partial charge in [-0.25, -0.2) is 0 Å². The topological polar surface area (TPSA) is 77.5 Å². The first kappa shape index (κ1) is 24.4. The Labute approximate surface area is 195 Å². The van der Waals surface area contributed by atoms with Crippen LogP contribution in [0.3, 0.4) is 0 Å². The van der Waals surface area contributed by atoms with Crippen molar-refractivity contribution in [2.45, 2.75) is 19.4 Å². The van der Waals surface area contributed by atoms with Gasteiger partial charge in [-0.15, -0.1) is 0 Å². The third kappa shape index (κ3) is 5.22. The van der Waals surface area contributed by atoms with Crippen molar-refractivity contribution < 1.29 is 28.5 Å². The van der Waals surface area contributed by atoms with Crippen molar-refractivity contribution in [3.63, 3.8) is 0 Å². The number of nitrogens with zero attached hydrogens (tertiary/aromatic N) is 2. The van der Waals surface area contributed by atoms with Crippen LogP contribution in [0.2, 0.25) is 0 Å². The molecule has 0 bridgehead atoms. The molecule has 1 atom stereocenters. The number of ether oxygens (including phenoxy) is 4. The summed E-state index contributed by atoms with van der Waals surface area (Å²) < 4.78 is 21.3. The van der Waals surface area contributed by atoms with Crippen LogP contribution in [0.25, 0.3) is 0 Å². The summed E-state index contributed by atoms with van der Waals surface area (Å²) in [6.45, 7) is 3.17. The maximum Gasteiger partial charge on any atom is 0.254 e. The van der Waals surface area contributed by atoms with Crippen molar-refractivity contribution in [1.29, 1.82) is 0 Å². The summed E-state index contributed by atoms with van der Waals surface area (Å²) in [4.78, 5) is 30.1. The highest BCUT2D eigenvalue weighted by Crippen LogP contribution is 2.38. The molecule has 178 valence electrons. The Bertz CT molecular complexity index is 968. The van der Waals surface area contributed by atoms with Gasteiger partial charge in [0.2, 0.25) is 11.7 Å². The second-order valence-corrected chi connectivity index (χ2v) is 7.85. The number of amides is 2. The van der Waals surface area contributed by atoms with E-state index in [1.54, 1.807) is 19.2 Å². The SMILES string of the molecule is COCCN(CC(=O)N1CCc2ccccc2C1C)C(=O)c1cc(OC)c(OC)c(OC)c1. The Morgan fingerprint density at radius 3 is 2.30 bits per heavy atom. The monoisotopic (exact) mass is 456 g/mol. The Balaban J connectivity index is 1.84. The summed E-state index contributed by atoms with van der Waals surface area (Å²) in [5.41, 5.74) is 2.75. The standard InChI is InChI=1S/C25H32N2O6/c1-17-20-9-7-6-8-18(20)10-11-27(17)23(28)16-26(12-13-30-2)25(29)19-14-21(31-3)24(33-5)22(15-19)32-4/h6-9,14-15,17H,10-13,16H2,1-5H3. The molecule has 8 nitrogen and oxygen atoms in total. The van der Waals surface area contributed by atoms with E-state index in [1.807, 2.05) is 24.0 Å². The Hall–Kier alpha value is -3.26. The van der Waals surface area contributed by atoms with Crippen LogP contribution in [0.4, 0.5) is 0 Å². The number of methoxy groups -OCH3 is 4. The first-order valence-electron chi connectivity index (χ1n) is 10.9. The lowest BCUT2D eigenvalue weighted by molar-refractivity contribution is -0.134. The van der Waals surface area contributed by atoms with Gasteiger partial charge in [-0.2, -0.15) is 0 Å². The summed E-state index contributed by atoms with van der Waals surface area (Å²) in [7, 11) is 6.05. The van der Waals surface area contributed by atoms with E-state index in [1.165, 1.54) is 31.8 Å². The Morgan fingerprint density at radius 1 is 1.03 bits per heavy atom. The van der Waals surface area contributed by atoms with Crippen molar-refractivity contribution in [3.05, 3.63) is 53.1 Å². The van der Waals surface area contributed by atoms with Gasteiger partial charge in [0.15, 0.2) is 11.5 Å². The minimum absolute atomic E-state index is 0.0502. The third-order valence-corrected chi connectivity index (χ3v) is 6.01. The van der Waals surface area contributed by atoms with Crippen molar-refractivity contribution in [3.8, 4) is 17.2 Å². The average molecular weight is 457 g/mol. The van der Waals surface area contributed by atoms with Crippen LogP contribution in [0.5, 0.6) is 17.2 Å². The van der Waals surface area contributed by atoms with E-state index in [0.717, 1.165) is 12.0 Å². The zero-order valence-corrected chi connectivity index (χ0v) is 19.9. The van der Waals surface area contributed by atoms with E-state index in [9.17, 15) is 9.59 Å². The number of benzene rings is 2. The first-order valence-corrected chi connectivity index (χ1v) is 10.9. The molecular weight excluding hydrogens is 424 g/mol. The fraction of sp³-hybridized carbons (Fsp3) is 0.440. The quantitative estimate of drug-likeness (QED) is 0.578. The van der Waals surface area contributed by atoms with E-state index < -0.39 is 0 Å². The molecule has 1 heterocycles. The fourth-order valence-corrected chi connectivity index (χ4v) is 4.21. The van der Waals surface area contributed by atoms with Gasteiger partial charge in [-0.05, 0) is 36.6 Å². The minimum atomic E-state index is -0.315. The number of carbonyl (C=O) groups excluding carboxylic acids is 2. The molecular formula is C25H32N2O6. The molecule has 0 saturated carbocycles. The molecule has 2 aromatic rings. The summed E-state index contributed by atoms with van der Waals surface area (Å²) in [6, 6.07) is 11.3. The van der Waals surface area contributed by atoms with Gasteiger partial charge in [0.25, 0.3) is 5.91 Å². The molecule has 0 N–H and O–H groups in total. The number of hydrogen-bond donors (Lipinski definition) is 0. The molecule has 1 aliphatic heterocycles. The number of rotatable bonds is 9. The molecule has 2 aromatic carbocycles. The number of fused-ring (bicyclic) bond motifs is 1. The third-order valence-electron chi connectivity index (χ3n) is 6.01. The van der Waals surface area contributed by atoms with Crippen LogP contribution in [0.1, 0.15) is 34.5 Å². The van der Waals surface area contributed by atoms with E-state index in [4.69, 9.17) is 18.9 Å². The normalized spacial score (nSPS) is 14.9. The first-order chi connectivity index (χ1) is 15.9. The largest absolute Gasteiger partial charge is 0.493 e. The van der Waals surface area contributed by atoms with E-state index in [0.29, 0.717) is 36.0 Å². The lowest BCUT2D eigenvalue weighted by atomic mass is 9.93. The highest BCUT2D eigenvalue weighted by atomic mass is 16.5. The van der Waals surface area contributed by atoms with E-state index >= 15 is 0 Å². The van der Waals surface area contributed by atoms with Gasteiger partial charge >= 0.3 is 0 Å². The van der Waals surface area contributed by atoms with Crippen molar-refractivity contribution in [1.82, 2.24) is 9.80 Å². The second-order valence-electron chi connectivity index (χ2n) is 7.85. The zero-order valence-electron chi connectivity index (χ0n) is 19.9. The van der Waals surface area contributed by atoms with Crippen LogP contribution >= 0.6 is 0 Å². The van der Waals surface area contributed by atoms with Gasteiger partial charge in [0.1, 0.15) is 6.54 Å². The predicted molar refractivity (Wildman–Crippen MR) is 124 cm³/mol. The van der Waals surface area contributed by atoms with Crippen LogP contribution in [0.15, 0.2) is 36.4 Å². The maximum atomic E-state index is 13.4. The fourth-order valence-electron chi connectivity index (χ4n) is 4.21. The van der Waals surface area contributed by atoms with E-state index in [-0.39, 0.29) is 30.9 Å². The Kier molecular flexibility index (Phi) is 8.16. The number of carbonyl (C=O) groups is 2. The lowest BCUT2D eigenvalue weighted by Crippen LogP contribution is -2.46. The molecule has 8 heteroatoms. The van der Waals surface area contributed by atoms with Crippen LogP contribution in [-0.2, 0) is 16.0 Å².